The molecule has 1 saturated heterocycles. The van der Waals surface area contributed by atoms with E-state index in [0.29, 0.717) is 12.0 Å². The number of anilines is 2. The first kappa shape index (κ1) is 28.0. The smallest absolute Gasteiger partial charge is 0.135 e. The van der Waals surface area contributed by atoms with E-state index in [-0.39, 0.29) is 42.6 Å². The van der Waals surface area contributed by atoms with Crippen LogP contribution in [-0.4, -0.2) is 35.6 Å². The molecule has 5 rings (SSSR count). The highest BCUT2D eigenvalue weighted by molar-refractivity contribution is 5.86. The number of benzene rings is 1. The first-order valence-corrected chi connectivity index (χ1v) is 11.8. The Bertz CT molecular complexity index is 928. The third-order valence-electron chi connectivity index (χ3n) is 7.60. The van der Waals surface area contributed by atoms with E-state index < -0.39 is 0 Å². The number of halogens is 3. The average Bonchev–Trinajstić information content (AvgIpc) is 3.35. The SMILES string of the molecule is CCC1CCc2ncnc(N3CCC4(CC3)CNc3cccc(CNC(C)C)c34)c21.Cl.Cl.Cl. The molecule has 1 aliphatic carbocycles. The highest BCUT2D eigenvalue weighted by Gasteiger charge is 2.43. The number of hydrogen-bond acceptors (Lipinski definition) is 5. The Balaban J connectivity index is 0.00000128. The summed E-state index contributed by atoms with van der Waals surface area (Å²) >= 11 is 0. The van der Waals surface area contributed by atoms with E-state index in [0.717, 1.165) is 32.6 Å². The summed E-state index contributed by atoms with van der Waals surface area (Å²) in [6.45, 7) is 10.9. The fourth-order valence-electron chi connectivity index (χ4n) is 5.92. The molecule has 2 aliphatic heterocycles. The van der Waals surface area contributed by atoms with Crippen molar-refractivity contribution in [2.45, 2.75) is 76.8 Å². The molecule has 0 radical (unpaired) electrons. The lowest BCUT2D eigenvalue weighted by Gasteiger charge is -2.41. The lowest BCUT2D eigenvalue weighted by Crippen LogP contribution is -2.45. The molecule has 33 heavy (non-hydrogen) atoms. The van der Waals surface area contributed by atoms with Crippen molar-refractivity contribution in [1.82, 2.24) is 15.3 Å². The van der Waals surface area contributed by atoms with Crippen molar-refractivity contribution in [2.75, 3.05) is 29.9 Å². The van der Waals surface area contributed by atoms with E-state index in [1.165, 1.54) is 54.0 Å². The van der Waals surface area contributed by atoms with Crippen LogP contribution in [0.1, 0.15) is 74.8 Å². The summed E-state index contributed by atoms with van der Waals surface area (Å²) in [7, 11) is 0. The zero-order valence-electron chi connectivity index (χ0n) is 19.9. The summed E-state index contributed by atoms with van der Waals surface area (Å²) in [5.74, 6) is 1.86. The molecule has 5 nitrogen and oxygen atoms in total. The van der Waals surface area contributed by atoms with Crippen molar-refractivity contribution in [3.8, 4) is 0 Å². The molecular weight excluding hydrogens is 477 g/mol. The molecule has 1 spiro atoms. The quantitative estimate of drug-likeness (QED) is 0.540. The van der Waals surface area contributed by atoms with Gasteiger partial charge in [-0.3, -0.25) is 0 Å². The highest BCUT2D eigenvalue weighted by Crippen LogP contribution is 2.47. The topological polar surface area (TPSA) is 53.1 Å². The zero-order valence-corrected chi connectivity index (χ0v) is 22.3. The third-order valence-corrected chi connectivity index (χ3v) is 7.60. The fourth-order valence-corrected chi connectivity index (χ4v) is 5.92. The minimum Gasteiger partial charge on any atom is -0.384 e. The standard InChI is InChI=1S/C25H35N5.3ClH/c1-4-18-8-9-20-22(18)24(29-16-28-20)30-12-10-25(11-13-30)15-27-21-7-5-6-19(23(21)25)14-26-17(2)3;;;/h5-7,16-18,26-27H,4,8-15H2,1-3H3;3*1H. The van der Waals surface area contributed by atoms with E-state index >= 15 is 0 Å². The van der Waals surface area contributed by atoms with Gasteiger partial charge < -0.3 is 15.5 Å². The van der Waals surface area contributed by atoms with Gasteiger partial charge in [-0.25, -0.2) is 9.97 Å². The van der Waals surface area contributed by atoms with Gasteiger partial charge in [0.1, 0.15) is 12.1 Å². The Morgan fingerprint density at radius 1 is 1.15 bits per heavy atom. The second-order valence-corrected chi connectivity index (χ2v) is 9.70. The molecule has 1 atom stereocenters. The first-order valence-electron chi connectivity index (χ1n) is 11.8. The van der Waals surface area contributed by atoms with Gasteiger partial charge in [0.25, 0.3) is 0 Å². The van der Waals surface area contributed by atoms with Gasteiger partial charge in [-0.15, -0.1) is 37.2 Å². The Labute approximate surface area is 217 Å². The van der Waals surface area contributed by atoms with Crippen LogP contribution in [0.3, 0.4) is 0 Å². The predicted octanol–water partition coefficient (Wildman–Crippen LogP) is 5.64. The number of aromatic nitrogens is 2. The molecule has 1 unspecified atom stereocenters. The van der Waals surface area contributed by atoms with Crippen molar-refractivity contribution in [1.29, 1.82) is 0 Å². The molecule has 0 bridgehead atoms. The largest absolute Gasteiger partial charge is 0.384 e. The van der Waals surface area contributed by atoms with Crippen LogP contribution in [0.2, 0.25) is 0 Å². The molecule has 2 aromatic rings. The zero-order chi connectivity index (χ0) is 20.7. The summed E-state index contributed by atoms with van der Waals surface area (Å²) in [4.78, 5) is 11.9. The lowest BCUT2D eigenvalue weighted by atomic mass is 9.72. The van der Waals surface area contributed by atoms with Crippen molar-refractivity contribution in [2.24, 2.45) is 0 Å². The molecule has 3 aliphatic rings. The second-order valence-electron chi connectivity index (χ2n) is 9.70. The van der Waals surface area contributed by atoms with Crippen molar-refractivity contribution < 1.29 is 0 Å². The van der Waals surface area contributed by atoms with Crippen LogP contribution in [0.15, 0.2) is 24.5 Å². The van der Waals surface area contributed by atoms with Gasteiger partial charge in [0, 0.05) is 54.6 Å². The van der Waals surface area contributed by atoms with E-state index in [4.69, 9.17) is 4.98 Å². The molecular formula is C25H38Cl3N5. The van der Waals surface area contributed by atoms with Gasteiger partial charge >= 0.3 is 0 Å². The first-order chi connectivity index (χ1) is 14.6. The van der Waals surface area contributed by atoms with Crippen LogP contribution in [0, 0.1) is 0 Å². The van der Waals surface area contributed by atoms with Crippen LogP contribution in [0.5, 0.6) is 0 Å². The Hall–Kier alpha value is -1.27. The van der Waals surface area contributed by atoms with Crippen LogP contribution < -0.4 is 15.5 Å². The molecule has 184 valence electrons. The maximum absolute atomic E-state index is 4.79. The third kappa shape index (κ3) is 5.07. The summed E-state index contributed by atoms with van der Waals surface area (Å²) in [5.41, 5.74) is 7.37. The van der Waals surface area contributed by atoms with E-state index in [1.54, 1.807) is 11.9 Å². The van der Waals surface area contributed by atoms with E-state index in [9.17, 15) is 0 Å². The lowest BCUT2D eigenvalue weighted by molar-refractivity contribution is 0.357. The number of rotatable bonds is 5. The summed E-state index contributed by atoms with van der Waals surface area (Å²) < 4.78 is 0. The number of nitrogens with zero attached hydrogens (tertiary/aromatic N) is 3. The molecule has 0 amide bonds. The fraction of sp³-hybridized carbons (Fsp3) is 0.600. The maximum Gasteiger partial charge on any atom is 0.135 e. The summed E-state index contributed by atoms with van der Waals surface area (Å²) in [6.07, 6.45) is 7.69. The van der Waals surface area contributed by atoms with Crippen LogP contribution >= 0.6 is 37.2 Å². The van der Waals surface area contributed by atoms with Crippen molar-refractivity contribution in [3.63, 3.8) is 0 Å². The summed E-state index contributed by atoms with van der Waals surface area (Å²) in [5, 5.41) is 7.36. The van der Waals surface area contributed by atoms with Crippen LogP contribution in [0.4, 0.5) is 11.5 Å². The van der Waals surface area contributed by atoms with Gasteiger partial charge in [0.2, 0.25) is 0 Å². The minimum atomic E-state index is 0. The van der Waals surface area contributed by atoms with Gasteiger partial charge in [0.05, 0.1) is 0 Å². The monoisotopic (exact) mass is 513 g/mol. The molecule has 3 heterocycles. The number of piperidine rings is 1. The van der Waals surface area contributed by atoms with Crippen LogP contribution in [0.25, 0.3) is 0 Å². The van der Waals surface area contributed by atoms with Gasteiger partial charge in [-0.2, -0.15) is 0 Å². The number of nitrogens with one attached hydrogen (secondary N) is 2. The molecule has 0 saturated carbocycles. The number of hydrogen-bond donors (Lipinski definition) is 2. The Morgan fingerprint density at radius 3 is 2.61 bits per heavy atom. The number of fused-ring (bicyclic) bond motifs is 3. The Morgan fingerprint density at radius 2 is 1.91 bits per heavy atom. The average molecular weight is 515 g/mol. The molecule has 2 N–H and O–H groups in total. The van der Waals surface area contributed by atoms with Gasteiger partial charge in [-0.1, -0.05) is 32.9 Å². The van der Waals surface area contributed by atoms with E-state index in [2.05, 4.69) is 59.5 Å². The minimum absolute atomic E-state index is 0. The predicted molar refractivity (Wildman–Crippen MR) is 145 cm³/mol. The Kier molecular flexibility index (Phi) is 9.70. The summed E-state index contributed by atoms with van der Waals surface area (Å²) in [6, 6.07) is 7.28. The molecule has 8 heteroatoms. The van der Waals surface area contributed by atoms with Crippen molar-refractivity contribution >= 4 is 48.7 Å². The second kappa shape index (κ2) is 11.4. The molecule has 1 aromatic carbocycles. The highest BCUT2D eigenvalue weighted by atomic mass is 35.5. The molecule has 1 aromatic heterocycles. The normalized spacial score (nSPS) is 19.8. The van der Waals surface area contributed by atoms with Gasteiger partial charge in [-0.05, 0) is 55.2 Å². The van der Waals surface area contributed by atoms with Crippen LogP contribution in [-0.2, 0) is 18.4 Å². The number of aryl methyl sites for hydroxylation is 1. The molecule has 1 fully saturated rings. The van der Waals surface area contributed by atoms with E-state index in [1.807, 2.05) is 0 Å². The van der Waals surface area contributed by atoms with Gasteiger partial charge in [0.15, 0.2) is 0 Å². The van der Waals surface area contributed by atoms with Crippen molar-refractivity contribution in [3.05, 3.63) is 46.9 Å². The maximum atomic E-state index is 4.79.